The summed E-state index contributed by atoms with van der Waals surface area (Å²) >= 11 is 1.59. The minimum absolute atomic E-state index is 0.221. The number of nitrogens with one attached hydrogen (secondary N) is 1. The minimum atomic E-state index is -0.314. The topological polar surface area (TPSA) is 56.8 Å². The highest BCUT2D eigenvalue weighted by Crippen LogP contribution is 2.34. The van der Waals surface area contributed by atoms with Crippen LogP contribution in [0.3, 0.4) is 0 Å². The summed E-state index contributed by atoms with van der Waals surface area (Å²) < 4.78 is 16.3. The van der Waals surface area contributed by atoms with Crippen molar-refractivity contribution in [3.63, 3.8) is 0 Å². The zero-order chi connectivity index (χ0) is 15.1. The molecule has 0 saturated carbocycles. The van der Waals surface area contributed by atoms with E-state index < -0.39 is 0 Å². The van der Waals surface area contributed by atoms with Gasteiger partial charge in [0.05, 0.1) is 19.8 Å². The second-order valence-electron chi connectivity index (χ2n) is 4.56. The highest BCUT2D eigenvalue weighted by molar-refractivity contribution is 7.99. The maximum absolute atomic E-state index is 11.7. The number of thioether (sulfide) groups is 1. The van der Waals surface area contributed by atoms with Gasteiger partial charge >= 0.3 is 5.97 Å². The van der Waals surface area contributed by atoms with E-state index in [1.54, 1.807) is 18.8 Å². The summed E-state index contributed by atoms with van der Waals surface area (Å²) in [5, 5.41) is 2.98. The van der Waals surface area contributed by atoms with Crippen molar-refractivity contribution in [3.8, 4) is 11.5 Å². The number of likely N-dealkylation sites (N-methyl/N-ethyl adjacent to an activating group) is 1. The molecule has 1 atom stereocenters. The molecule has 6 heteroatoms. The van der Waals surface area contributed by atoms with E-state index in [0.717, 1.165) is 22.8 Å². The molecule has 2 rings (SSSR count). The maximum Gasteiger partial charge on any atom is 0.323 e. The van der Waals surface area contributed by atoms with E-state index in [1.165, 1.54) is 0 Å². The van der Waals surface area contributed by atoms with Gasteiger partial charge in [0.15, 0.2) is 11.5 Å². The molecule has 1 heterocycles. The third-order valence-corrected chi connectivity index (χ3v) is 4.14. The molecule has 21 heavy (non-hydrogen) atoms. The molecular weight excluding hydrogens is 290 g/mol. The molecule has 0 radical (unpaired) electrons. The molecule has 1 aromatic carbocycles. The van der Waals surface area contributed by atoms with E-state index in [1.807, 2.05) is 25.1 Å². The van der Waals surface area contributed by atoms with Gasteiger partial charge in [-0.05, 0) is 32.2 Å². The van der Waals surface area contributed by atoms with Crippen LogP contribution in [0.4, 0.5) is 0 Å². The lowest BCUT2D eigenvalue weighted by molar-refractivity contribution is -0.144. The summed E-state index contributed by atoms with van der Waals surface area (Å²) in [5.74, 6) is 1.94. The van der Waals surface area contributed by atoms with Gasteiger partial charge in [0.2, 0.25) is 0 Å². The van der Waals surface area contributed by atoms with E-state index in [0.29, 0.717) is 25.6 Å². The number of ether oxygens (including phenoxy) is 3. The molecule has 0 fully saturated rings. The van der Waals surface area contributed by atoms with Crippen LogP contribution in [0.2, 0.25) is 0 Å². The lowest BCUT2D eigenvalue weighted by Crippen LogP contribution is -2.37. The first kappa shape index (κ1) is 16.0. The summed E-state index contributed by atoms with van der Waals surface area (Å²) in [5.41, 5.74) is 0. The van der Waals surface area contributed by atoms with Crippen LogP contribution in [0, 0.1) is 0 Å². The number of rotatable bonds is 6. The van der Waals surface area contributed by atoms with E-state index in [-0.39, 0.29) is 12.0 Å². The molecule has 1 unspecified atom stereocenters. The Balaban J connectivity index is 1.96. The van der Waals surface area contributed by atoms with Crippen molar-refractivity contribution in [2.75, 3.05) is 32.6 Å². The van der Waals surface area contributed by atoms with Gasteiger partial charge in [0, 0.05) is 17.1 Å². The number of carbonyl (C=O) groups is 1. The minimum Gasteiger partial charge on any atom is -0.490 e. The fourth-order valence-electron chi connectivity index (χ4n) is 1.93. The number of carbonyl (C=O) groups excluding carboxylic acids is 1. The molecule has 1 N–H and O–H groups in total. The molecule has 0 aromatic heterocycles. The molecule has 5 nitrogen and oxygen atoms in total. The van der Waals surface area contributed by atoms with Crippen LogP contribution in [0.1, 0.15) is 13.3 Å². The second-order valence-corrected chi connectivity index (χ2v) is 5.66. The number of fused-ring (bicyclic) bond motifs is 1. The SMILES string of the molecule is CCOC(=O)C(CSc1ccc2c(c1)OCCCO2)NC. The van der Waals surface area contributed by atoms with Gasteiger partial charge in [-0.1, -0.05) is 0 Å². The normalized spacial score (nSPS) is 15.1. The third kappa shape index (κ3) is 4.54. The summed E-state index contributed by atoms with van der Waals surface area (Å²) in [6.07, 6.45) is 0.891. The maximum atomic E-state index is 11.7. The molecule has 0 spiro atoms. The van der Waals surface area contributed by atoms with E-state index in [2.05, 4.69) is 5.32 Å². The molecule has 1 aromatic rings. The lowest BCUT2D eigenvalue weighted by Gasteiger charge is -2.14. The summed E-state index contributed by atoms with van der Waals surface area (Å²) in [6, 6.07) is 5.55. The zero-order valence-corrected chi connectivity index (χ0v) is 13.2. The largest absolute Gasteiger partial charge is 0.490 e. The summed E-state index contributed by atoms with van der Waals surface area (Å²) in [6.45, 7) is 3.56. The average Bonchev–Trinajstić information content (AvgIpc) is 2.73. The standard InChI is InChI=1S/C15H21NO4S/c1-3-18-15(17)12(16-2)10-21-11-5-6-13-14(9-11)20-8-4-7-19-13/h5-6,9,12,16H,3-4,7-8,10H2,1-2H3. The monoisotopic (exact) mass is 311 g/mol. The molecule has 0 amide bonds. The Morgan fingerprint density at radius 2 is 2.14 bits per heavy atom. The summed E-state index contributed by atoms with van der Waals surface area (Å²) in [7, 11) is 1.76. The fourth-order valence-corrected chi connectivity index (χ4v) is 2.94. The number of hydrogen-bond acceptors (Lipinski definition) is 6. The van der Waals surface area contributed by atoms with Crippen molar-refractivity contribution in [2.24, 2.45) is 0 Å². The summed E-state index contributed by atoms with van der Waals surface area (Å²) in [4.78, 5) is 12.8. The molecule has 0 saturated heterocycles. The van der Waals surface area contributed by atoms with Crippen molar-refractivity contribution in [3.05, 3.63) is 18.2 Å². The smallest absolute Gasteiger partial charge is 0.323 e. The molecule has 116 valence electrons. The van der Waals surface area contributed by atoms with Crippen molar-refractivity contribution in [1.29, 1.82) is 0 Å². The van der Waals surface area contributed by atoms with Gasteiger partial charge in [0.25, 0.3) is 0 Å². The first-order valence-electron chi connectivity index (χ1n) is 7.11. The number of esters is 1. The van der Waals surface area contributed by atoms with Crippen molar-refractivity contribution >= 4 is 17.7 Å². The van der Waals surface area contributed by atoms with Gasteiger partial charge in [-0.15, -0.1) is 11.8 Å². The fraction of sp³-hybridized carbons (Fsp3) is 0.533. The Morgan fingerprint density at radius 1 is 1.38 bits per heavy atom. The van der Waals surface area contributed by atoms with E-state index >= 15 is 0 Å². The van der Waals surface area contributed by atoms with Gasteiger partial charge < -0.3 is 19.5 Å². The van der Waals surface area contributed by atoms with Gasteiger partial charge in [-0.3, -0.25) is 4.79 Å². The van der Waals surface area contributed by atoms with Crippen molar-refractivity contribution in [2.45, 2.75) is 24.3 Å². The highest BCUT2D eigenvalue weighted by Gasteiger charge is 2.18. The number of hydrogen-bond donors (Lipinski definition) is 1. The first-order chi connectivity index (χ1) is 10.2. The van der Waals surface area contributed by atoms with Crippen LogP contribution in [0.25, 0.3) is 0 Å². The van der Waals surface area contributed by atoms with Crippen molar-refractivity contribution in [1.82, 2.24) is 5.32 Å². The van der Waals surface area contributed by atoms with Crippen LogP contribution in [-0.2, 0) is 9.53 Å². The Bertz CT molecular complexity index is 481. The molecule has 1 aliphatic heterocycles. The Hall–Kier alpha value is -1.40. The predicted octanol–water partition coefficient (Wildman–Crippen LogP) is 2.09. The Labute approximate surface area is 129 Å². The molecule has 0 aliphatic carbocycles. The zero-order valence-electron chi connectivity index (χ0n) is 12.4. The molecule has 0 bridgehead atoms. The quantitative estimate of drug-likeness (QED) is 0.641. The third-order valence-electron chi connectivity index (χ3n) is 3.06. The van der Waals surface area contributed by atoms with Crippen LogP contribution in [0.5, 0.6) is 11.5 Å². The predicted molar refractivity (Wildman–Crippen MR) is 82.3 cm³/mol. The van der Waals surface area contributed by atoms with Crippen LogP contribution < -0.4 is 14.8 Å². The van der Waals surface area contributed by atoms with Gasteiger partial charge in [-0.25, -0.2) is 0 Å². The molecular formula is C15H21NO4S. The van der Waals surface area contributed by atoms with E-state index in [9.17, 15) is 4.79 Å². The van der Waals surface area contributed by atoms with Gasteiger partial charge in [0.1, 0.15) is 6.04 Å². The average molecular weight is 311 g/mol. The molecule has 1 aliphatic rings. The van der Waals surface area contributed by atoms with Crippen LogP contribution in [-0.4, -0.2) is 44.6 Å². The highest BCUT2D eigenvalue weighted by atomic mass is 32.2. The van der Waals surface area contributed by atoms with Crippen molar-refractivity contribution < 1.29 is 19.0 Å². The van der Waals surface area contributed by atoms with Crippen LogP contribution >= 0.6 is 11.8 Å². The van der Waals surface area contributed by atoms with Gasteiger partial charge in [-0.2, -0.15) is 0 Å². The lowest BCUT2D eigenvalue weighted by atomic mass is 10.3. The van der Waals surface area contributed by atoms with Crippen LogP contribution in [0.15, 0.2) is 23.1 Å². The van der Waals surface area contributed by atoms with E-state index in [4.69, 9.17) is 14.2 Å². The first-order valence-corrected chi connectivity index (χ1v) is 8.09. The second kappa shape index (κ2) is 8.14. The number of benzene rings is 1. The Kier molecular flexibility index (Phi) is 6.20. The Morgan fingerprint density at radius 3 is 2.86 bits per heavy atom.